The van der Waals surface area contributed by atoms with Crippen LogP contribution in [-0.4, -0.2) is 62.2 Å². The maximum Gasteiger partial charge on any atom is 0.243 e. The molecule has 24 heavy (non-hydrogen) atoms. The van der Waals surface area contributed by atoms with Gasteiger partial charge in [0, 0.05) is 44.1 Å². The zero-order valence-electron chi connectivity index (χ0n) is 14.6. The lowest BCUT2D eigenvalue weighted by Gasteiger charge is -2.63. The van der Waals surface area contributed by atoms with Crippen LogP contribution in [0.1, 0.15) is 38.5 Å². The van der Waals surface area contributed by atoms with Crippen molar-refractivity contribution in [1.29, 1.82) is 0 Å². The Bertz CT molecular complexity index is 517. The molecule has 3 aliphatic carbocycles. The minimum absolute atomic E-state index is 0. The van der Waals surface area contributed by atoms with E-state index in [1.807, 2.05) is 0 Å². The van der Waals surface area contributed by atoms with E-state index in [0.717, 1.165) is 19.0 Å². The standard InChI is InChI=1S/C17H28N4O2.HI/c1-21(2)13(22)10-18-16(19-11-4-5-11)20-14-12-6-9-23-15(12)17(14)7-3-8-17;/h11-12,14-15H,3-10H2,1-2H3,(H2,18,19,20);1H. The number of amides is 1. The number of aliphatic imine (C=N–C) groups is 1. The van der Waals surface area contributed by atoms with E-state index in [1.54, 1.807) is 19.0 Å². The Balaban J connectivity index is 0.00000169. The summed E-state index contributed by atoms with van der Waals surface area (Å²) in [5, 5.41) is 7.15. The summed E-state index contributed by atoms with van der Waals surface area (Å²) in [6, 6.07) is 0.993. The van der Waals surface area contributed by atoms with Crippen molar-refractivity contribution in [3.05, 3.63) is 0 Å². The highest BCUT2D eigenvalue weighted by Gasteiger charge is 2.66. The Morgan fingerprint density at radius 3 is 2.58 bits per heavy atom. The van der Waals surface area contributed by atoms with Gasteiger partial charge in [-0.2, -0.15) is 0 Å². The van der Waals surface area contributed by atoms with E-state index in [2.05, 4.69) is 15.6 Å². The average Bonchev–Trinajstić information content (AvgIpc) is 3.18. The van der Waals surface area contributed by atoms with Gasteiger partial charge in [0.25, 0.3) is 0 Å². The van der Waals surface area contributed by atoms with Crippen LogP contribution >= 0.6 is 24.0 Å². The third-order valence-electron chi connectivity index (χ3n) is 6.12. The summed E-state index contributed by atoms with van der Waals surface area (Å²) in [6.45, 7) is 1.11. The van der Waals surface area contributed by atoms with Gasteiger partial charge in [0.05, 0.1) is 6.10 Å². The number of ether oxygens (including phenoxy) is 1. The van der Waals surface area contributed by atoms with Crippen LogP contribution in [0.3, 0.4) is 0 Å². The monoisotopic (exact) mass is 448 g/mol. The topological polar surface area (TPSA) is 66.0 Å². The van der Waals surface area contributed by atoms with Gasteiger partial charge in [-0.05, 0) is 32.1 Å². The molecule has 4 rings (SSSR count). The van der Waals surface area contributed by atoms with Gasteiger partial charge in [-0.1, -0.05) is 6.42 Å². The number of halogens is 1. The van der Waals surface area contributed by atoms with Gasteiger partial charge in [0.15, 0.2) is 5.96 Å². The highest BCUT2D eigenvalue weighted by Crippen LogP contribution is 2.62. The number of carbonyl (C=O) groups excluding carboxylic acids is 1. The Morgan fingerprint density at radius 1 is 1.25 bits per heavy atom. The van der Waals surface area contributed by atoms with E-state index in [4.69, 9.17) is 4.74 Å². The Morgan fingerprint density at radius 2 is 2.00 bits per heavy atom. The fourth-order valence-corrected chi connectivity index (χ4v) is 4.45. The number of rotatable bonds is 4. The summed E-state index contributed by atoms with van der Waals surface area (Å²) in [5.74, 6) is 1.48. The molecule has 1 heterocycles. The largest absolute Gasteiger partial charge is 0.377 e. The van der Waals surface area contributed by atoms with Gasteiger partial charge in [0.1, 0.15) is 6.54 Å². The number of carbonyl (C=O) groups is 1. The first-order valence-electron chi connectivity index (χ1n) is 8.99. The van der Waals surface area contributed by atoms with Gasteiger partial charge in [-0.25, -0.2) is 4.99 Å². The van der Waals surface area contributed by atoms with Crippen LogP contribution in [0, 0.1) is 11.3 Å². The van der Waals surface area contributed by atoms with Crippen molar-refractivity contribution < 1.29 is 9.53 Å². The molecule has 7 heteroatoms. The van der Waals surface area contributed by atoms with Crippen molar-refractivity contribution in [3.63, 3.8) is 0 Å². The SMILES string of the molecule is CN(C)C(=O)CN=C(NC1CC1)NC1C2CCOC2C12CCC2.I. The van der Waals surface area contributed by atoms with Gasteiger partial charge in [0.2, 0.25) is 5.91 Å². The molecule has 0 aromatic rings. The number of nitrogens with one attached hydrogen (secondary N) is 2. The van der Waals surface area contributed by atoms with Crippen molar-refractivity contribution >= 4 is 35.8 Å². The van der Waals surface area contributed by atoms with Gasteiger partial charge in [-0.15, -0.1) is 24.0 Å². The van der Waals surface area contributed by atoms with Gasteiger partial charge < -0.3 is 20.3 Å². The molecule has 1 amide bonds. The second-order valence-electron chi connectivity index (χ2n) is 7.82. The predicted octanol–water partition coefficient (Wildman–Crippen LogP) is 1.35. The van der Waals surface area contributed by atoms with Crippen LogP contribution in [0.4, 0.5) is 0 Å². The van der Waals surface area contributed by atoms with Crippen LogP contribution < -0.4 is 10.6 Å². The maximum atomic E-state index is 11.8. The fourth-order valence-electron chi connectivity index (χ4n) is 4.45. The number of hydrogen-bond acceptors (Lipinski definition) is 3. The van der Waals surface area contributed by atoms with Gasteiger partial charge >= 0.3 is 0 Å². The summed E-state index contributed by atoms with van der Waals surface area (Å²) < 4.78 is 5.98. The molecule has 0 aromatic heterocycles. The van der Waals surface area contributed by atoms with Crippen LogP contribution in [0.15, 0.2) is 4.99 Å². The van der Waals surface area contributed by atoms with Crippen molar-refractivity contribution in [1.82, 2.24) is 15.5 Å². The number of nitrogens with zero attached hydrogens (tertiary/aromatic N) is 2. The minimum atomic E-state index is 0. The normalized spacial score (nSPS) is 32.9. The molecule has 0 radical (unpaired) electrons. The minimum Gasteiger partial charge on any atom is -0.377 e. The first kappa shape index (κ1) is 18.2. The van der Waals surface area contributed by atoms with E-state index in [9.17, 15) is 4.79 Å². The summed E-state index contributed by atoms with van der Waals surface area (Å²) in [7, 11) is 3.55. The van der Waals surface area contributed by atoms with Crippen LogP contribution in [0.5, 0.6) is 0 Å². The lowest BCUT2D eigenvalue weighted by atomic mass is 9.46. The lowest BCUT2D eigenvalue weighted by Crippen LogP contribution is -2.72. The number of likely N-dealkylation sites (N-methyl/N-ethyl adjacent to an activating group) is 1. The van der Waals surface area contributed by atoms with Crippen molar-refractivity contribution in [2.75, 3.05) is 27.2 Å². The van der Waals surface area contributed by atoms with E-state index in [-0.39, 0.29) is 36.4 Å². The Kier molecular flexibility index (Phi) is 5.30. The number of guanidine groups is 1. The molecule has 1 aliphatic heterocycles. The van der Waals surface area contributed by atoms with Gasteiger partial charge in [-0.3, -0.25) is 4.79 Å². The first-order valence-corrected chi connectivity index (χ1v) is 8.99. The maximum absolute atomic E-state index is 11.8. The number of hydrogen-bond donors (Lipinski definition) is 2. The van der Waals surface area contributed by atoms with Crippen LogP contribution in [0.2, 0.25) is 0 Å². The van der Waals surface area contributed by atoms with Crippen LogP contribution in [0.25, 0.3) is 0 Å². The Hall–Kier alpha value is -0.570. The molecule has 136 valence electrons. The van der Waals surface area contributed by atoms with Crippen molar-refractivity contribution in [2.24, 2.45) is 16.3 Å². The molecule has 0 aromatic carbocycles. The predicted molar refractivity (Wildman–Crippen MR) is 104 cm³/mol. The molecule has 3 atom stereocenters. The molecular weight excluding hydrogens is 419 g/mol. The third kappa shape index (κ3) is 3.13. The second kappa shape index (κ2) is 6.97. The van der Waals surface area contributed by atoms with Crippen LogP contribution in [-0.2, 0) is 9.53 Å². The Labute approximate surface area is 161 Å². The second-order valence-corrected chi connectivity index (χ2v) is 7.82. The van der Waals surface area contributed by atoms with E-state index < -0.39 is 0 Å². The number of fused-ring (bicyclic) bond motifs is 2. The molecule has 3 saturated carbocycles. The lowest BCUT2D eigenvalue weighted by molar-refractivity contribution is -0.171. The smallest absolute Gasteiger partial charge is 0.243 e. The summed E-state index contributed by atoms with van der Waals surface area (Å²) in [4.78, 5) is 18.0. The highest BCUT2D eigenvalue weighted by atomic mass is 127. The molecule has 3 unspecified atom stereocenters. The zero-order chi connectivity index (χ0) is 16.0. The fraction of sp³-hybridized carbons (Fsp3) is 0.882. The van der Waals surface area contributed by atoms with E-state index >= 15 is 0 Å². The summed E-state index contributed by atoms with van der Waals surface area (Å²) >= 11 is 0. The average molecular weight is 448 g/mol. The van der Waals surface area contributed by atoms with E-state index in [0.29, 0.717) is 29.5 Å². The summed E-state index contributed by atoms with van der Waals surface area (Å²) in [6.07, 6.45) is 7.85. The molecule has 6 nitrogen and oxygen atoms in total. The quantitative estimate of drug-likeness (QED) is 0.387. The molecule has 1 spiro atoms. The molecular formula is C17H29IN4O2. The third-order valence-corrected chi connectivity index (χ3v) is 6.12. The highest BCUT2D eigenvalue weighted by molar-refractivity contribution is 14.0. The first-order chi connectivity index (χ1) is 11.1. The molecule has 0 bridgehead atoms. The molecule has 2 N–H and O–H groups in total. The zero-order valence-corrected chi connectivity index (χ0v) is 16.9. The molecule has 4 aliphatic rings. The van der Waals surface area contributed by atoms with Crippen molar-refractivity contribution in [3.8, 4) is 0 Å². The molecule has 4 fully saturated rings. The van der Waals surface area contributed by atoms with E-state index in [1.165, 1.54) is 32.1 Å². The molecule has 1 saturated heterocycles. The summed E-state index contributed by atoms with van der Waals surface area (Å²) in [5.41, 5.74) is 0.332. The van der Waals surface area contributed by atoms with Crippen molar-refractivity contribution in [2.45, 2.75) is 56.7 Å².